The zero-order chi connectivity index (χ0) is 11.1. The van der Waals surface area contributed by atoms with E-state index in [0.29, 0.717) is 11.8 Å². The Hall–Kier alpha value is -0.670. The molecule has 1 unspecified atom stereocenters. The molecular weight excluding hydrogens is 206 g/mol. The highest BCUT2D eigenvalue weighted by Gasteiger charge is 2.09. The SMILES string of the molecule is CCCSC(CN)c1ccc(OC)cc1. The molecule has 0 radical (unpaired) electrons. The van der Waals surface area contributed by atoms with Crippen LogP contribution in [0, 0.1) is 0 Å². The van der Waals surface area contributed by atoms with E-state index in [9.17, 15) is 0 Å². The van der Waals surface area contributed by atoms with Crippen LogP contribution >= 0.6 is 11.8 Å². The van der Waals surface area contributed by atoms with Crippen molar-refractivity contribution in [1.82, 2.24) is 0 Å². The lowest BCUT2D eigenvalue weighted by atomic mass is 10.1. The maximum atomic E-state index is 5.76. The van der Waals surface area contributed by atoms with Gasteiger partial charge in [-0.15, -0.1) is 0 Å². The van der Waals surface area contributed by atoms with Gasteiger partial charge in [-0.1, -0.05) is 19.1 Å². The highest BCUT2D eigenvalue weighted by Crippen LogP contribution is 2.29. The van der Waals surface area contributed by atoms with Crippen molar-refractivity contribution in [3.63, 3.8) is 0 Å². The van der Waals surface area contributed by atoms with E-state index in [2.05, 4.69) is 19.1 Å². The number of hydrogen-bond acceptors (Lipinski definition) is 3. The third kappa shape index (κ3) is 3.76. The summed E-state index contributed by atoms with van der Waals surface area (Å²) in [6.45, 7) is 2.88. The minimum absolute atomic E-state index is 0.413. The van der Waals surface area contributed by atoms with Gasteiger partial charge in [-0.05, 0) is 29.9 Å². The first-order valence-electron chi connectivity index (χ1n) is 5.27. The van der Waals surface area contributed by atoms with Gasteiger partial charge in [0.15, 0.2) is 0 Å². The van der Waals surface area contributed by atoms with Gasteiger partial charge < -0.3 is 10.5 Å². The van der Waals surface area contributed by atoms with E-state index in [1.54, 1.807) is 7.11 Å². The Bertz CT molecular complexity index is 273. The summed E-state index contributed by atoms with van der Waals surface area (Å²) in [4.78, 5) is 0. The average molecular weight is 225 g/mol. The lowest BCUT2D eigenvalue weighted by molar-refractivity contribution is 0.414. The van der Waals surface area contributed by atoms with Crippen LogP contribution in [0.4, 0.5) is 0 Å². The van der Waals surface area contributed by atoms with Crippen molar-refractivity contribution in [3.8, 4) is 5.75 Å². The summed E-state index contributed by atoms with van der Waals surface area (Å²) in [7, 11) is 1.68. The first kappa shape index (κ1) is 12.4. The predicted octanol–water partition coefficient (Wildman–Crippen LogP) is 2.84. The fraction of sp³-hybridized carbons (Fsp3) is 0.500. The minimum Gasteiger partial charge on any atom is -0.497 e. The van der Waals surface area contributed by atoms with Crippen LogP contribution in [0.1, 0.15) is 24.2 Å². The molecule has 0 aliphatic heterocycles. The van der Waals surface area contributed by atoms with Crippen LogP contribution in [0.5, 0.6) is 5.75 Å². The van der Waals surface area contributed by atoms with E-state index in [1.807, 2.05) is 23.9 Å². The Kier molecular flexibility index (Phi) is 5.58. The van der Waals surface area contributed by atoms with Gasteiger partial charge in [-0.2, -0.15) is 11.8 Å². The second kappa shape index (κ2) is 6.75. The van der Waals surface area contributed by atoms with Crippen molar-refractivity contribution >= 4 is 11.8 Å². The van der Waals surface area contributed by atoms with Crippen LogP contribution in [0.15, 0.2) is 24.3 Å². The number of ether oxygens (including phenoxy) is 1. The molecule has 1 atom stereocenters. The van der Waals surface area contributed by atoms with E-state index in [0.717, 1.165) is 11.5 Å². The summed E-state index contributed by atoms with van der Waals surface area (Å²) in [5.74, 6) is 2.06. The van der Waals surface area contributed by atoms with Crippen molar-refractivity contribution < 1.29 is 4.74 Å². The summed E-state index contributed by atoms with van der Waals surface area (Å²) in [5.41, 5.74) is 7.05. The Balaban J connectivity index is 2.65. The standard InChI is InChI=1S/C12H19NOS/c1-3-8-15-12(9-13)10-4-6-11(14-2)7-5-10/h4-7,12H,3,8-9,13H2,1-2H3. The van der Waals surface area contributed by atoms with E-state index < -0.39 is 0 Å². The van der Waals surface area contributed by atoms with E-state index in [4.69, 9.17) is 10.5 Å². The van der Waals surface area contributed by atoms with Crippen LogP contribution in [0.2, 0.25) is 0 Å². The van der Waals surface area contributed by atoms with Crippen LogP contribution in [-0.4, -0.2) is 19.4 Å². The largest absolute Gasteiger partial charge is 0.497 e. The number of benzene rings is 1. The zero-order valence-electron chi connectivity index (χ0n) is 9.40. The van der Waals surface area contributed by atoms with Crippen LogP contribution < -0.4 is 10.5 Å². The molecule has 3 heteroatoms. The second-order valence-corrected chi connectivity index (χ2v) is 4.68. The third-order valence-corrected chi connectivity index (χ3v) is 3.74. The van der Waals surface area contributed by atoms with Gasteiger partial charge in [-0.3, -0.25) is 0 Å². The molecule has 1 aromatic carbocycles. The van der Waals surface area contributed by atoms with Crippen molar-refractivity contribution in [2.24, 2.45) is 5.73 Å². The molecule has 15 heavy (non-hydrogen) atoms. The molecular formula is C12H19NOS. The Morgan fingerprint density at radius 3 is 2.47 bits per heavy atom. The first-order chi connectivity index (χ1) is 7.31. The average Bonchev–Trinajstić information content (AvgIpc) is 2.31. The first-order valence-corrected chi connectivity index (χ1v) is 6.32. The van der Waals surface area contributed by atoms with Gasteiger partial charge in [0, 0.05) is 11.8 Å². The van der Waals surface area contributed by atoms with Crippen LogP contribution in [-0.2, 0) is 0 Å². The van der Waals surface area contributed by atoms with Crippen molar-refractivity contribution in [3.05, 3.63) is 29.8 Å². The number of nitrogens with two attached hydrogens (primary N) is 1. The molecule has 0 saturated heterocycles. The van der Waals surface area contributed by atoms with Crippen LogP contribution in [0.3, 0.4) is 0 Å². The predicted molar refractivity (Wildman–Crippen MR) is 67.5 cm³/mol. The van der Waals surface area contributed by atoms with Gasteiger partial charge in [0.05, 0.1) is 7.11 Å². The third-order valence-electron chi connectivity index (χ3n) is 2.22. The highest BCUT2D eigenvalue weighted by atomic mass is 32.2. The molecule has 1 aromatic rings. The molecule has 2 N–H and O–H groups in total. The summed E-state index contributed by atoms with van der Waals surface area (Å²) in [6.07, 6.45) is 1.19. The van der Waals surface area contributed by atoms with Gasteiger partial charge >= 0.3 is 0 Å². The quantitative estimate of drug-likeness (QED) is 0.808. The topological polar surface area (TPSA) is 35.2 Å². The molecule has 0 aliphatic rings. The van der Waals surface area contributed by atoms with Crippen molar-refractivity contribution in [1.29, 1.82) is 0 Å². The van der Waals surface area contributed by atoms with Gasteiger partial charge in [0.1, 0.15) is 5.75 Å². The van der Waals surface area contributed by atoms with E-state index >= 15 is 0 Å². The molecule has 84 valence electrons. The summed E-state index contributed by atoms with van der Waals surface area (Å²) in [6, 6.07) is 8.17. The minimum atomic E-state index is 0.413. The Morgan fingerprint density at radius 2 is 2.00 bits per heavy atom. The number of methoxy groups -OCH3 is 1. The number of hydrogen-bond donors (Lipinski definition) is 1. The molecule has 0 aromatic heterocycles. The smallest absolute Gasteiger partial charge is 0.118 e. The monoisotopic (exact) mass is 225 g/mol. The molecule has 0 spiro atoms. The number of thioether (sulfide) groups is 1. The summed E-state index contributed by atoms with van der Waals surface area (Å²) in [5, 5.41) is 0.413. The lowest BCUT2D eigenvalue weighted by Crippen LogP contribution is -2.09. The zero-order valence-corrected chi connectivity index (χ0v) is 10.2. The fourth-order valence-corrected chi connectivity index (χ4v) is 2.38. The Labute approximate surface area is 96.2 Å². The maximum Gasteiger partial charge on any atom is 0.118 e. The number of rotatable bonds is 6. The normalized spacial score (nSPS) is 12.5. The Morgan fingerprint density at radius 1 is 1.33 bits per heavy atom. The molecule has 2 nitrogen and oxygen atoms in total. The molecule has 0 amide bonds. The fourth-order valence-electron chi connectivity index (χ4n) is 1.38. The van der Waals surface area contributed by atoms with Crippen molar-refractivity contribution in [2.75, 3.05) is 19.4 Å². The molecule has 0 heterocycles. The van der Waals surface area contributed by atoms with Gasteiger partial charge in [-0.25, -0.2) is 0 Å². The lowest BCUT2D eigenvalue weighted by Gasteiger charge is -2.14. The van der Waals surface area contributed by atoms with Gasteiger partial charge in [0.2, 0.25) is 0 Å². The van der Waals surface area contributed by atoms with E-state index in [1.165, 1.54) is 12.0 Å². The molecule has 0 aliphatic carbocycles. The highest BCUT2D eigenvalue weighted by molar-refractivity contribution is 7.99. The molecule has 0 fully saturated rings. The second-order valence-electron chi connectivity index (χ2n) is 3.37. The maximum absolute atomic E-state index is 5.76. The van der Waals surface area contributed by atoms with Gasteiger partial charge in [0.25, 0.3) is 0 Å². The molecule has 1 rings (SSSR count). The molecule has 0 bridgehead atoms. The van der Waals surface area contributed by atoms with E-state index in [-0.39, 0.29) is 0 Å². The van der Waals surface area contributed by atoms with Crippen molar-refractivity contribution in [2.45, 2.75) is 18.6 Å². The molecule has 0 saturated carbocycles. The summed E-state index contributed by atoms with van der Waals surface area (Å²) >= 11 is 1.92. The summed E-state index contributed by atoms with van der Waals surface area (Å²) < 4.78 is 5.13. The van der Waals surface area contributed by atoms with Crippen LogP contribution in [0.25, 0.3) is 0 Å².